The fourth-order valence-corrected chi connectivity index (χ4v) is 2.47. The molecule has 0 saturated heterocycles. The molecule has 6 heteroatoms. The highest BCUT2D eigenvalue weighted by Gasteiger charge is 2.12. The molecule has 0 saturated carbocycles. The van der Waals surface area contributed by atoms with E-state index in [4.69, 9.17) is 0 Å². The molecule has 0 aliphatic heterocycles. The molecule has 0 fully saturated rings. The third kappa shape index (κ3) is 2.47. The van der Waals surface area contributed by atoms with E-state index in [1.54, 1.807) is 10.9 Å². The monoisotopic (exact) mass is 297 g/mol. The van der Waals surface area contributed by atoms with Gasteiger partial charge in [-0.2, -0.15) is 4.98 Å². The van der Waals surface area contributed by atoms with Crippen LogP contribution in [-0.4, -0.2) is 33.3 Å². The summed E-state index contributed by atoms with van der Waals surface area (Å²) < 4.78 is 1.71. The van der Waals surface area contributed by atoms with E-state index in [2.05, 4.69) is 22.0 Å². The number of hydrogen-bond acceptors (Lipinski definition) is 4. The number of H-pyrrole nitrogens is 1. The van der Waals surface area contributed by atoms with Crippen molar-refractivity contribution >= 4 is 17.0 Å². The van der Waals surface area contributed by atoms with Gasteiger partial charge < -0.3 is 4.90 Å². The minimum atomic E-state index is -0.164. The van der Waals surface area contributed by atoms with E-state index in [0.29, 0.717) is 17.0 Å². The largest absolute Gasteiger partial charge is 0.345 e. The van der Waals surface area contributed by atoms with Crippen LogP contribution in [0.3, 0.4) is 0 Å². The van der Waals surface area contributed by atoms with E-state index in [-0.39, 0.29) is 5.56 Å². The van der Waals surface area contributed by atoms with Gasteiger partial charge in [-0.25, -0.2) is 4.68 Å². The molecular formula is C16H19N5O. The maximum absolute atomic E-state index is 12.3. The molecule has 0 aliphatic rings. The Kier molecular flexibility index (Phi) is 3.66. The molecule has 3 aromatic rings. The van der Waals surface area contributed by atoms with Gasteiger partial charge in [0.15, 0.2) is 5.65 Å². The van der Waals surface area contributed by atoms with Crippen LogP contribution in [0.25, 0.3) is 16.7 Å². The zero-order valence-electron chi connectivity index (χ0n) is 13.0. The predicted molar refractivity (Wildman–Crippen MR) is 87.8 cm³/mol. The second kappa shape index (κ2) is 5.63. The molecule has 0 spiro atoms. The third-order valence-corrected chi connectivity index (χ3v) is 3.66. The third-order valence-electron chi connectivity index (χ3n) is 3.66. The lowest BCUT2D eigenvalue weighted by atomic mass is 10.2. The molecule has 6 nitrogen and oxygen atoms in total. The van der Waals surface area contributed by atoms with Gasteiger partial charge in [0, 0.05) is 19.8 Å². The average Bonchev–Trinajstić information content (AvgIpc) is 2.92. The molecule has 0 amide bonds. The number of fused-ring (bicyclic) bond motifs is 1. The van der Waals surface area contributed by atoms with Crippen molar-refractivity contribution in [2.24, 2.45) is 0 Å². The van der Waals surface area contributed by atoms with E-state index in [9.17, 15) is 4.79 Å². The van der Waals surface area contributed by atoms with E-state index >= 15 is 0 Å². The number of nitrogens with one attached hydrogen (secondary N) is 1. The summed E-state index contributed by atoms with van der Waals surface area (Å²) in [6, 6.07) is 7.91. The van der Waals surface area contributed by atoms with Gasteiger partial charge in [0.1, 0.15) is 5.39 Å². The first-order chi connectivity index (χ1) is 10.6. The minimum Gasteiger partial charge on any atom is -0.345 e. The molecule has 22 heavy (non-hydrogen) atoms. The predicted octanol–water partition coefficient (Wildman–Crippen LogP) is 2.26. The zero-order chi connectivity index (χ0) is 15.7. The Morgan fingerprint density at radius 3 is 2.82 bits per heavy atom. The van der Waals surface area contributed by atoms with Crippen molar-refractivity contribution < 1.29 is 0 Å². The molecule has 0 atom stereocenters. The van der Waals surface area contributed by atoms with E-state index in [0.717, 1.165) is 24.2 Å². The highest BCUT2D eigenvalue weighted by atomic mass is 16.1. The standard InChI is InChI=1S/C16H19N5O/c1-4-9-20(3)16-17-14-12(15(22)18-16)10-21(19-14)13-8-6-5-7-11(13)2/h5-8,10H,4,9H2,1-3H3,(H,17,18,19,22). The smallest absolute Gasteiger partial charge is 0.263 e. The molecule has 0 bridgehead atoms. The molecule has 3 rings (SSSR count). The second-order valence-electron chi connectivity index (χ2n) is 5.41. The van der Waals surface area contributed by atoms with E-state index < -0.39 is 0 Å². The summed E-state index contributed by atoms with van der Waals surface area (Å²) in [6.45, 7) is 4.92. The number of hydrogen-bond donors (Lipinski definition) is 1. The van der Waals surface area contributed by atoms with Crippen LogP contribution in [0.2, 0.25) is 0 Å². The van der Waals surface area contributed by atoms with E-state index in [1.165, 1.54) is 0 Å². The van der Waals surface area contributed by atoms with Crippen LogP contribution in [-0.2, 0) is 0 Å². The Balaban J connectivity index is 2.12. The van der Waals surface area contributed by atoms with Gasteiger partial charge in [-0.3, -0.25) is 9.78 Å². The van der Waals surface area contributed by atoms with Crippen molar-refractivity contribution in [2.75, 3.05) is 18.5 Å². The Morgan fingerprint density at radius 2 is 2.09 bits per heavy atom. The molecule has 114 valence electrons. The molecule has 2 heterocycles. The minimum absolute atomic E-state index is 0.164. The fraction of sp³-hybridized carbons (Fsp3) is 0.312. The lowest BCUT2D eigenvalue weighted by molar-refractivity contribution is 0.816. The SMILES string of the molecule is CCCN(C)c1nc2nn(-c3ccccc3C)cc2c(=O)[nH]1. The van der Waals surface area contributed by atoms with Crippen molar-refractivity contribution in [3.8, 4) is 5.69 Å². The number of benzene rings is 1. The highest BCUT2D eigenvalue weighted by Crippen LogP contribution is 2.16. The number of anilines is 1. The van der Waals surface area contributed by atoms with Gasteiger partial charge in [-0.05, 0) is 25.0 Å². The fourth-order valence-electron chi connectivity index (χ4n) is 2.47. The number of rotatable bonds is 4. The highest BCUT2D eigenvalue weighted by molar-refractivity contribution is 5.74. The summed E-state index contributed by atoms with van der Waals surface area (Å²) >= 11 is 0. The molecule has 0 radical (unpaired) electrons. The Hall–Kier alpha value is -2.63. The number of nitrogens with zero attached hydrogens (tertiary/aromatic N) is 4. The molecule has 0 aliphatic carbocycles. The Labute approximate surface area is 128 Å². The second-order valence-corrected chi connectivity index (χ2v) is 5.41. The van der Waals surface area contributed by atoms with Crippen LogP contribution in [0.15, 0.2) is 35.3 Å². The lowest BCUT2D eigenvalue weighted by Gasteiger charge is -2.15. The summed E-state index contributed by atoms with van der Waals surface area (Å²) in [4.78, 5) is 21.5. The average molecular weight is 297 g/mol. The number of para-hydroxylation sites is 1. The zero-order valence-corrected chi connectivity index (χ0v) is 13.0. The first-order valence-electron chi connectivity index (χ1n) is 7.37. The summed E-state index contributed by atoms with van der Waals surface area (Å²) in [5.41, 5.74) is 2.34. The Morgan fingerprint density at radius 1 is 1.32 bits per heavy atom. The Bertz CT molecular complexity index is 864. The normalized spacial score (nSPS) is 11.0. The van der Waals surface area contributed by atoms with Crippen molar-refractivity contribution in [2.45, 2.75) is 20.3 Å². The van der Waals surface area contributed by atoms with Crippen LogP contribution < -0.4 is 10.5 Å². The molecular weight excluding hydrogens is 278 g/mol. The maximum atomic E-state index is 12.3. The van der Waals surface area contributed by atoms with Crippen LogP contribution in [0.4, 0.5) is 5.95 Å². The molecule has 0 unspecified atom stereocenters. The van der Waals surface area contributed by atoms with Crippen molar-refractivity contribution in [1.29, 1.82) is 0 Å². The molecule has 1 aromatic carbocycles. The molecule has 2 aromatic heterocycles. The van der Waals surface area contributed by atoms with Crippen molar-refractivity contribution in [3.63, 3.8) is 0 Å². The number of aryl methyl sites for hydroxylation is 1. The van der Waals surface area contributed by atoms with Crippen LogP contribution >= 0.6 is 0 Å². The quantitative estimate of drug-likeness (QED) is 0.802. The van der Waals surface area contributed by atoms with Crippen LogP contribution in [0.5, 0.6) is 0 Å². The first-order valence-corrected chi connectivity index (χ1v) is 7.37. The number of aromatic nitrogens is 4. The van der Waals surface area contributed by atoms with Crippen LogP contribution in [0.1, 0.15) is 18.9 Å². The van der Waals surface area contributed by atoms with Gasteiger partial charge in [0.05, 0.1) is 5.69 Å². The summed E-state index contributed by atoms with van der Waals surface area (Å²) in [7, 11) is 1.91. The topological polar surface area (TPSA) is 66.8 Å². The van der Waals surface area contributed by atoms with Gasteiger partial charge >= 0.3 is 0 Å². The summed E-state index contributed by atoms with van der Waals surface area (Å²) in [6.07, 6.45) is 2.71. The molecule has 1 N–H and O–H groups in total. The van der Waals surface area contributed by atoms with Gasteiger partial charge in [-0.15, -0.1) is 5.10 Å². The maximum Gasteiger partial charge on any atom is 0.263 e. The van der Waals surface area contributed by atoms with Gasteiger partial charge in [0.25, 0.3) is 5.56 Å². The van der Waals surface area contributed by atoms with E-state index in [1.807, 2.05) is 43.1 Å². The summed E-state index contributed by atoms with van der Waals surface area (Å²) in [5.74, 6) is 0.550. The first kappa shape index (κ1) is 14.3. The van der Waals surface area contributed by atoms with Crippen molar-refractivity contribution in [3.05, 3.63) is 46.4 Å². The van der Waals surface area contributed by atoms with Crippen LogP contribution in [0, 0.1) is 6.92 Å². The van der Waals surface area contributed by atoms with Gasteiger partial charge in [0.2, 0.25) is 5.95 Å². The number of aromatic amines is 1. The van der Waals surface area contributed by atoms with Gasteiger partial charge in [-0.1, -0.05) is 25.1 Å². The summed E-state index contributed by atoms with van der Waals surface area (Å²) in [5, 5.41) is 4.96. The lowest BCUT2D eigenvalue weighted by Crippen LogP contribution is -2.23. The van der Waals surface area contributed by atoms with Crippen molar-refractivity contribution in [1.82, 2.24) is 19.7 Å².